The number of nitrogens with zero attached hydrogens (tertiary/aromatic N) is 1. The molecule has 3 aromatic rings. The lowest BCUT2D eigenvalue weighted by Crippen LogP contribution is -2.46. The summed E-state index contributed by atoms with van der Waals surface area (Å²) >= 11 is 12.1. The summed E-state index contributed by atoms with van der Waals surface area (Å²) in [6.45, 7) is 1.25. The second kappa shape index (κ2) is 10.9. The minimum Gasteiger partial charge on any atom is -0.496 e. The fraction of sp³-hybridized carbons (Fsp3) is 0.280. The van der Waals surface area contributed by atoms with Crippen molar-refractivity contribution in [3.8, 4) is 11.5 Å². The van der Waals surface area contributed by atoms with Crippen LogP contribution in [0, 0.1) is 0 Å². The summed E-state index contributed by atoms with van der Waals surface area (Å²) in [4.78, 5) is 15.4. The Morgan fingerprint density at radius 2 is 1.81 bits per heavy atom. The number of hydrogen-bond donors (Lipinski definition) is 1. The first-order valence-corrected chi connectivity index (χ1v) is 11.3. The second-order valence-corrected chi connectivity index (χ2v) is 8.64. The van der Waals surface area contributed by atoms with E-state index in [2.05, 4.69) is 9.72 Å². The fourth-order valence-corrected chi connectivity index (χ4v) is 4.25. The average Bonchev–Trinajstić information content (AvgIpc) is 2.85. The number of aliphatic hydroxyl groups is 1. The summed E-state index contributed by atoms with van der Waals surface area (Å²) in [6, 6.07) is 10.9. The summed E-state index contributed by atoms with van der Waals surface area (Å²) in [5.41, 5.74) is -2.77. The minimum atomic E-state index is -5.04. The molecule has 36 heavy (non-hydrogen) atoms. The van der Waals surface area contributed by atoms with E-state index in [0.29, 0.717) is 16.9 Å². The van der Waals surface area contributed by atoms with E-state index in [0.717, 1.165) is 18.3 Å². The number of halogens is 5. The van der Waals surface area contributed by atoms with Crippen LogP contribution in [0.15, 0.2) is 54.7 Å². The van der Waals surface area contributed by atoms with E-state index in [1.807, 2.05) is 0 Å². The maximum atomic E-state index is 14.1. The van der Waals surface area contributed by atoms with Crippen molar-refractivity contribution in [2.45, 2.75) is 31.2 Å². The van der Waals surface area contributed by atoms with Crippen LogP contribution in [0.4, 0.5) is 13.2 Å². The number of pyridine rings is 1. The van der Waals surface area contributed by atoms with Crippen molar-refractivity contribution in [1.82, 2.24) is 4.98 Å². The van der Waals surface area contributed by atoms with Crippen LogP contribution in [-0.4, -0.2) is 36.5 Å². The molecule has 11 heteroatoms. The van der Waals surface area contributed by atoms with Gasteiger partial charge in [-0.05, 0) is 47.5 Å². The number of ether oxygens (including phenoxy) is 3. The number of benzene rings is 2. The summed E-state index contributed by atoms with van der Waals surface area (Å²) in [7, 11) is 2.70. The number of carbonyl (C=O) groups is 1. The Morgan fingerprint density at radius 3 is 2.39 bits per heavy atom. The number of carbonyl (C=O) groups excluding carboxylic acids is 1. The third-order valence-corrected chi connectivity index (χ3v) is 6.30. The standard InChI is InChI=1S/C25H22Cl2F3NO5/c1-14(24(33,25(28,29)30)17-8-9-31-22(27)11-17)19-7-6-18(12-20(19)26)36-13-16-5-4-15(23(32)35-3)10-21(16)34-2/h4-12,14,33H,13H2,1-3H3/t14-,24-/m1/s1. The second-order valence-electron chi connectivity index (χ2n) is 7.84. The van der Waals surface area contributed by atoms with Crippen LogP contribution in [0.5, 0.6) is 11.5 Å². The van der Waals surface area contributed by atoms with Gasteiger partial charge in [-0.3, -0.25) is 0 Å². The third-order valence-electron chi connectivity index (χ3n) is 5.77. The molecular weight excluding hydrogens is 522 g/mol. The monoisotopic (exact) mass is 543 g/mol. The van der Waals surface area contributed by atoms with E-state index in [4.69, 9.17) is 32.7 Å². The smallest absolute Gasteiger partial charge is 0.422 e. The van der Waals surface area contributed by atoms with Gasteiger partial charge in [-0.1, -0.05) is 42.3 Å². The molecule has 0 aliphatic heterocycles. The zero-order valence-corrected chi connectivity index (χ0v) is 20.9. The lowest BCUT2D eigenvalue weighted by molar-refractivity contribution is -0.274. The Morgan fingerprint density at radius 1 is 1.08 bits per heavy atom. The van der Waals surface area contributed by atoms with Gasteiger partial charge in [0.15, 0.2) is 5.60 Å². The lowest BCUT2D eigenvalue weighted by Gasteiger charge is -2.37. The van der Waals surface area contributed by atoms with Crippen molar-refractivity contribution >= 4 is 29.2 Å². The van der Waals surface area contributed by atoms with Crippen molar-refractivity contribution in [3.05, 3.63) is 87.2 Å². The van der Waals surface area contributed by atoms with E-state index >= 15 is 0 Å². The van der Waals surface area contributed by atoms with Crippen LogP contribution in [0.25, 0.3) is 0 Å². The Bertz CT molecular complexity index is 1250. The van der Waals surface area contributed by atoms with Crippen molar-refractivity contribution in [2.75, 3.05) is 14.2 Å². The Labute approximate surface area is 215 Å². The molecule has 2 atom stereocenters. The molecule has 192 valence electrons. The molecular formula is C25H22Cl2F3NO5. The number of rotatable bonds is 8. The first kappa shape index (κ1) is 27.6. The highest BCUT2D eigenvalue weighted by molar-refractivity contribution is 6.31. The molecule has 0 aliphatic carbocycles. The average molecular weight is 544 g/mol. The number of esters is 1. The van der Waals surface area contributed by atoms with Crippen LogP contribution in [0.1, 0.15) is 39.9 Å². The summed E-state index contributed by atoms with van der Waals surface area (Å²) in [5.74, 6) is -1.35. The number of hydrogen-bond acceptors (Lipinski definition) is 6. The summed E-state index contributed by atoms with van der Waals surface area (Å²) < 4.78 is 58.1. The van der Waals surface area contributed by atoms with Crippen molar-refractivity contribution in [3.63, 3.8) is 0 Å². The molecule has 6 nitrogen and oxygen atoms in total. The Balaban J connectivity index is 1.86. The molecule has 0 saturated heterocycles. The number of methoxy groups -OCH3 is 2. The maximum absolute atomic E-state index is 14.1. The van der Waals surface area contributed by atoms with Crippen LogP contribution in [-0.2, 0) is 16.9 Å². The zero-order chi connectivity index (χ0) is 26.7. The molecule has 0 aliphatic rings. The summed E-state index contributed by atoms with van der Waals surface area (Å²) in [5, 5.41) is 10.7. The highest BCUT2D eigenvalue weighted by atomic mass is 35.5. The van der Waals surface area contributed by atoms with Gasteiger partial charge in [0.05, 0.1) is 19.8 Å². The molecule has 1 N–H and O–H groups in total. The third kappa shape index (κ3) is 5.53. The highest BCUT2D eigenvalue weighted by Crippen LogP contribution is 2.50. The van der Waals surface area contributed by atoms with E-state index in [-0.39, 0.29) is 28.1 Å². The SMILES string of the molecule is COC(=O)c1ccc(COc2ccc([C@@H](C)[C@@](O)(c3ccnc(Cl)c3)C(F)(F)F)c(Cl)c2)c(OC)c1. The zero-order valence-electron chi connectivity index (χ0n) is 19.4. The van der Waals surface area contributed by atoms with Crippen molar-refractivity contribution in [2.24, 2.45) is 0 Å². The first-order chi connectivity index (χ1) is 16.9. The molecule has 0 fully saturated rings. The predicted octanol–water partition coefficient (Wildman–Crippen LogP) is 6.32. The fourth-order valence-electron chi connectivity index (χ4n) is 3.74. The molecule has 0 amide bonds. The molecule has 2 aromatic carbocycles. The normalized spacial score (nSPS) is 14.0. The van der Waals surface area contributed by atoms with Gasteiger partial charge in [0.2, 0.25) is 0 Å². The Hall–Kier alpha value is -3.01. The van der Waals surface area contributed by atoms with Gasteiger partial charge in [-0.25, -0.2) is 9.78 Å². The van der Waals surface area contributed by atoms with E-state index < -0.39 is 29.2 Å². The van der Waals surface area contributed by atoms with Crippen molar-refractivity contribution in [1.29, 1.82) is 0 Å². The summed E-state index contributed by atoms with van der Waals surface area (Å²) in [6.07, 6.45) is -3.95. The molecule has 3 rings (SSSR count). The van der Waals surface area contributed by atoms with E-state index in [9.17, 15) is 23.1 Å². The van der Waals surface area contributed by atoms with Crippen LogP contribution >= 0.6 is 23.2 Å². The topological polar surface area (TPSA) is 77.9 Å². The van der Waals surface area contributed by atoms with Gasteiger partial charge in [0.25, 0.3) is 0 Å². The molecule has 0 bridgehead atoms. The quantitative estimate of drug-likeness (QED) is 0.264. The largest absolute Gasteiger partial charge is 0.496 e. The highest BCUT2D eigenvalue weighted by Gasteiger charge is 2.59. The van der Waals surface area contributed by atoms with Crippen LogP contribution in [0.3, 0.4) is 0 Å². The Kier molecular flexibility index (Phi) is 8.38. The van der Waals surface area contributed by atoms with Crippen molar-refractivity contribution < 1.29 is 37.3 Å². The van der Waals surface area contributed by atoms with E-state index in [1.165, 1.54) is 45.4 Å². The maximum Gasteiger partial charge on any atom is 0.422 e. The molecule has 0 unspecified atom stereocenters. The predicted molar refractivity (Wildman–Crippen MR) is 128 cm³/mol. The minimum absolute atomic E-state index is 0.0257. The molecule has 1 heterocycles. The number of aromatic nitrogens is 1. The van der Waals surface area contributed by atoms with Gasteiger partial charge in [-0.2, -0.15) is 13.2 Å². The first-order valence-electron chi connectivity index (χ1n) is 10.5. The number of alkyl halides is 3. The molecule has 0 saturated carbocycles. The lowest BCUT2D eigenvalue weighted by atomic mass is 9.78. The van der Waals surface area contributed by atoms with Gasteiger partial charge in [0.1, 0.15) is 23.3 Å². The van der Waals surface area contributed by atoms with Crippen LogP contribution < -0.4 is 9.47 Å². The van der Waals surface area contributed by atoms with Gasteiger partial charge in [0, 0.05) is 22.7 Å². The molecule has 1 aromatic heterocycles. The van der Waals surface area contributed by atoms with Gasteiger partial charge >= 0.3 is 12.1 Å². The molecule has 0 radical (unpaired) electrons. The molecule has 0 spiro atoms. The van der Waals surface area contributed by atoms with Gasteiger partial charge < -0.3 is 19.3 Å². The van der Waals surface area contributed by atoms with E-state index in [1.54, 1.807) is 12.1 Å². The van der Waals surface area contributed by atoms with Crippen LogP contribution in [0.2, 0.25) is 10.2 Å². The van der Waals surface area contributed by atoms with Gasteiger partial charge in [-0.15, -0.1) is 0 Å².